The second-order valence-electron chi connectivity index (χ2n) is 4.79. The second kappa shape index (κ2) is 6.74. The lowest BCUT2D eigenvalue weighted by molar-refractivity contribution is -0.117. The van der Waals surface area contributed by atoms with Gasteiger partial charge in [-0.3, -0.25) is 14.3 Å². The second-order valence-corrected chi connectivity index (χ2v) is 4.98. The van der Waals surface area contributed by atoms with E-state index in [1.165, 1.54) is 0 Å². The average Bonchev–Trinajstić information content (AvgIpc) is 2.86. The summed E-state index contributed by atoms with van der Waals surface area (Å²) in [6, 6.07) is 0. The summed E-state index contributed by atoms with van der Waals surface area (Å²) in [7, 11) is 1.12. The third kappa shape index (κ3) is 2.83. The summed E-state index contributed by atoms with van der Waals surface area (Å²) >= 11 is 5.26. The van der Waals surface area contributed by atoms with Crippen molar-refractivity contribution in [3.8, 4) is 11.3 Å². The number of nitrogens with one attached hydrogen (secondary N) is 1. The van der Waals surface area contributed by atoms with Crippen molar-refractivity contribution in [3.05, 3.63) is 22.4 Å². The smallest absolute Gasteiger partial charge is 0.279 e. The van der Waals surface area contributed by atoms with Gasteiger partial charge in [0.2, 0.25) is 5.95 Å². The van der Waals surface area contributed by atoms with Gasteiger partial charge < -0.3 is 20.7 Å². The number of aliphatic hydroxyl groups excluding tert-OH is 2. The Bertz CT molecular complexity index is 870. The monoisotopic (exact) mass is 362 g/mol. The Kier molecular flexibility index (Phi) is 5.10. The van der Waals surface area contributed by atoms with Crippen LogP contribution < -0.4 is 11.3 Å². The van der Waals surface area contributed by atoms with E-state index in [0.29, 0.717) is 10.8 Å². The molecule has 0 bridgehead atoms. The van der Waals surface area contributed by atoms with Gasteiger partial charge in [0, 0.05) is 18.7 Å². The van der Waals surface area contributed by atoms with Crippen LogP contribution in [-0.4, -0.2) is 50.7 Å². The van der Waals surface area contributed by atoms with Gasteiger partial charge in [-0.25, -0.2) is 8.78 Å². The fourth-order valence-corrected chi connectivity index (χ4v) is 2.38. The number of alkyl halides is 1. The SMILES string of the molecule is COC(CO)C(O)C(F)(C#CCl)n1cc(F)c2c(=O)[nH]c(N)nc21. The van der Waals surface area contributed by atoms with Crippen LogP contribution in [0.15, 0.2) is 11.0 Å². The molecule has 130 valence electrons. The number of methoxy groups -OCH3 is 1. The number of rotatable bonds is 5. The minimum Gasteiger partial charge on any atom is -0.394 e. The molecule has 0 aliphatic carbocycles. The Morgan fingerprint density at radius 3 is 2.88 bits per heavy atom. The molecule has 2 aromatic rings. The van der Waals surface area contributed by atoms with Gasteiger partial charge in [-0.2, -0.15) is 4.98 Å². The quantitative estimate of drug-likeness (QED) is 0.538. The standard InChI is InChI=1S/C13H13ClF2N4O4/c1-24-7(5-21)9(22)13(16,2-3-14)20-4-6(15)8-10(20)18-12(17)19-11(8)23/h4,7,9,21-22H,5H2,1H3,(H3,17,18,19,23). The van der Waals surface area contributed by atoms with Crippen molar-refractivity contribution in [1.29, 1.82) is 0 Å². The molecule has 0 saturated heterocycles. The maximum Gasteiger partial charge on any atom is 0.279 e. The number of hydrogen-bond acceptors (Lipinski definition) is 6. The Morgan fingerprint density at radius 1 is 1.67 bits per heavy atom. The maximum absolute atomic E-state index is 15.5. The molecule has 0 saturated carbocycles. The van der Waals surface area contributed by atoms with Crippen molar-refractivity contribution in [3.63, 3.8) is 0 Å². The number of nitrogens with zero attached hydrogens (tertiary/aromatic N) is 2. The molecule has 8 nitrogen and oxygen atoms in total. The molecule has 0 spiro atoms. The molecule has 2 heterocycles. The minimum absolute atomic E-state index is 0.395. The van der Waals surface area contributed by atoms with Crippen molar-refractivity contribution >= 4 is 28.6 Å². The van der Waals surface area contributed by atoms with E-state index in [0.717, 1.165) is 7.11 Å². The molecule has 5 N–H and O–H groups in total. The van der Waals surface area contributed by atoms with Gasteiger partial charge in [-0.1, -0.05) is 0 Å². The van der Waals surface area contributed by atoms with Crippen LogP contribution in [0.4, 0.5) is 14.7 Å². The third-order valence-electron chi connectivity index (χ3n) is 3.43. The van der Waals surface area contributed by atoms with Crippen LogP contribution in [-0.2, 0) is 10.5 Å². The fourth-order valence-electron chi connectivity index (χ4n) is 2.25. The van der Waals surface area contributed by atoms with Crippen LogP contribution in [0.5, 0.6) is 0 Å². The molecule has 11 heteroatoms. The summed E-state index contributed by atoms with van der Waals surface area (Å²) in [6.45, 7) is -0.759. The van der Waals surface area contributed by atoms with E-state index in [2.05, 4.69) is 9.97 Å². The topological polar surface area (TPSA) is 126 Å². The van der Waals surface area contributed by atoms with Gasteiger partial charge in [0.1, 0.15) is 17.6 Å². The van der Waals surface area contributed by atoms with E-state index in [4.69, 9.17) is 22.1 Å². The van der Waals surface area contributed by atoms with Crippen molar-refractivity contribution < 1.29 is 23.7 Å². The van der Waals surface area contributed by atoms with E-state index in [-0.39, 0.29) is 0 Å². The summed E-state index contributed by atoms with van der Waals surface area (Å²) in [5.74, 6) is -2.68. The first-order chi connectivity index (χ1) is 11.3. The van der Waals surface area contributed by atoms with Gasteiger partial charge in [0.25, 0.3) is 11.4 Å². The molecule has 24 heavy (non-hydrogen) atoms. The highest BCUT2D eigenvalue weighted by atomic mass is 35.5. The summed E-state index contributed by atoms with van der Waals surface area (Å²) in [6.07, 6.45) is -2.91. The Balaban J connectivity index is 2.79. The number of anilines is 1. The van der Waals surface area contributed by atoms with E-state index in [1.807, 2.05) is 5.92 Å². The summed E-state index contributed by atoms with van der Waals surface area (Å²) in [4.78, 5) is 17.5. The van der Waals surface area contributed by atoms with Gasteiger partial charge in [0.05, 0.1) is 6.61 Å². The van der Waals surface area contributed by atoms with Crippen LogP contribution in [0.1, 0.15) is 0 Å². The van der Waals surface area contributed by atoms with Gasteiger partial charge >= 0.3 is 0 Å². The number of ether oxygens (including phenoxy) is 1. The first kappa shape index (κ1) is 18.2. The fraction of sp³-hybridized carbons (Fsp3) is 0.385. The minimum atomic E-state index is -3.05. The molecule has 3 atom stereocenters. The number of aliphatic hydroxyl groups is 2. The number of aromatic nitrogens is 3. The lowest BCUT2D eigenvalue weighted by Crippen LogP contribution is -2.49. The molecule has 0 aromatic carbocycles. The molecule has 0 aliphatic rings. The van der Waals surface area contributed by atoms with Crippen LogP contribution >= 0.6 is 11.6 Å². The predicted molar refractivity (Wildman–Crippen MR) is 81.3 cm³/mol. The number of hydrogen-bond donors (Lipinski definition) is 4. The highest BCUT2D eigenvalue weighted by molar-refractivity contribution is 6.30. The summed E-state index contributed by atoms with van der Waals surface area (Å²) in [5, 5.41) is 20.6. The molecule has 2 rings (SSSR count). The average molecular weight is 363 g/mol. The van der Waals surface area contributed by atoms with Crippen molar-refractivity contribution in [2.24, 2.45) is 0 Å². The first-order valence-corrected chi connectivity index (χ1v) is 6.88. The molecular weight excluding hydrogens is 350 g/mol. The molecule has 2 aromatic heterocycles. The van der Waals surface area contributed by atoms with Gasteiger partial charge in [-0.05, 0) is 17.5 Å². The number of aromatic amines is 1. The van der Waals surface area contributed by atoms with Crippen molar-refractivity contribution in [2.45, 2.75) is 18.0 Å². The molecule has 3 unspecified atom stereocenters. The Labute approximate surface area is 138 Å². The Hall–Kier alpha value is -2.19. The van der Waals surface area contributed by atoms with Gasteiger partial charge in [0.15, 0.2) is 11.5 Å². The zero-order valence-electron chi connectivity index (χ0n) is 12.3. The number of fused-ring (bicyclic) bond motifs is 1. The summed E-state index contributed by atoms with van der Waals surface area (Å²) < 4.78 is 34.8. The van der Waals surface area contributed by atoms with Crippen LogP contribution in [0.25, 0.3) is 11.0 Å². The number of nitrogens with two attached hydrogens (primary N) is 1. The Morgan fingerprint density at radius 2 is 2.33 bits per heavy atom. The zero-order chi connectivity index (χ0) is 18.1. The normalized spacial score (nSPS) is 16.2. The summed E-state index contributed by atoms with van der Waals surface area (Å²) in [5.41, 5.74) is 3.96. The van der Waals surface area contributed by atoms with Crippen molar-refractivity contribution in [1.82, 2.24) is 14.5 Å². The largest absolute Gasteiger partial charge is 0.394 e. The predicted octanol–water partition coefficient (Wildman–Crippen LogP) is -0.364. The molecular formula is C13H13ClF2N4O4. The molecule has 0 fully saturated rings. The molecule has 0 radical (unpaired) electrons. The van der Waals surface area contributed by atoms with Crippen LogP contribution in [0.3, 0.4) is 0 Å². The highest BCUT2D eigenvalue weighted by Gasteiger charge is 2.45. The zero-order valence-corrected chi connectivity index (χ0v) is 13.0. The van der Waals surface area contributed by atoms with E-state index < -0.39 is 53.0 Å². The van der Waals surface area contributed by atoms with E-state index in [9.17, 15) is 19.4 Å². The van der Waals surface area contributed by atoms with E-state index >= 15 is 4.39 Å². The van der Waals surface area contributed by atoms with Crippen LogP contribution in [0, 0.1) is 17.1 Å². The van der Waals surface area contributed by atoms with Crippen molar-refractivity contribution in [2.75, 3.05) is 19.5 Å². The maximum atomic E-state index is 15.5. The third-order valence-corrected chi connectivity index (χ3v) is 3.52. The number of nitrogen functional groups attached to an aromatic ring is 1. The molecule has 0 amide bonds. The first-order valence-electron chi connectivity index (χ1n) is 6.50. The van der Waals surface area contributed by atoms with Gasteiger partial charge in [-0.15, -0.1) is 0 Å². The lowest BCUT2D eigenvalue weighted by Gasteiger charge is -2.31. The number of H-pyrrole nitrogens is 1. The highest BCUT2D eigenvalue weighted by Crippen LogP contribution is 2.31. The van der Waals surface area contributed by atoms with E-state index in [1.54, 1.807) is 5.38 Å². The lowest BCUT2D eigenvalue weighted by atomic mass is 10.0. The number of halogens is 3. The van der Waals surface area contributed by atoms with Crippen LogP contribution in [0.2, 0.25) is 0 Å². The molecule has 0 aliphatic heterocycles.